The second kappa shape index (κ2) is 8.77. The van der Waals surface area contributed by atoms with Gasteiger partial charge in [-0.3, -0.25) is 0 Å². The van der Waals surface area contributed by atoms with Gasteiger partial charge in [0.2, 0.25) is 10.0 Å². The molecule has 0 spiro atoms. The quantitative estimate of drug-likeness (QED) is 0.610. The van der Waals surface area contributed by atoms with Gasteiger partial charge in [0.15, 0.2) is 0 Å². The molecule has 7 heteroatoms. The van der Waals surface area contributed by atoms with E-state index >= 15 is 0 Å². The number of sulfonamides is 1. The number of hydrogen-bond donors (Lipinski definition) is 1. The predicted octanol–water partition coefficient (Wildman–Crippen LogP) is 1.29. The maximum atomic E-state index is 12.0. The van der Waals surface area contributed by atoms with Crippen LogP contribution in [0.1, 0.15) is 26.2 Å². The molecule has 0 aliphatic heterocycles. The average Bonchev–Trinajstić information content (AvgIpc) is 2.22. The molecule has 0 aliphatic rings. The molecule has 0 unspecified atom stereocenters. The third kappa shape index (κ3) is 8.45. The molecule has 1 N–H and O–H groups in total. The van der Waals surface area contributed by atoms with Crippen LogP contribution in [0.25, 0.3) is 0 Å². The van der Waals surface area contributed by atoms with Crippen molar-refractivity contribution in [3.63, 3.8) is 0 Å². The summed E-state index contributed by atoms with van der Waals surface area (Å²) in [7, 11) is -2.33. The molecule has 0 saturated carbocycles. The number of unbranched alkanes of at least 4 members (excludes halogenated alkanes) is 1. The molecule has 17 heavy (non-hydrogen) atoms. The van der Waals surface area contributed by atoms with Crippen molar-refractivity contribution in [1.29, 1.82) is 0 Å². The van der Waals surface area contributed by atoms with Crippen molar-refractivity contribution in [2.45, 2.75) is 32.6 Å². The molecule has 104 valence electrons. The lowest BCUT2D eigenvalue weighted by molar-refractivity contribution is 0.126. The van der Waals surface area contributed by atoms with E-state index in [0.29, 0.717) is 6.42 Å². The van der Waals surface area contributed by atoms with Gasteiger partial charge in [-0.15, -0.1) is 0 Å². The van der Waals surface area contributed by atoms with Gasteiger partial charge in [-0.25, -0.2) is 17.2 Å². The molecule has 0 amide bonds. The largest absolute Gasteiger partial charge is 0.317 e. The number of nitrogens with one attached hydrogen (secondary N) is 1. The Morgan fingerprint density at radius 1 is 1.24 bits per heavy atom. The lowest BCUT2D eigenvalue weighted by atomic mass is 10.3. The van der Waals surface area contributed by atoms with E-state index in [1.54, 1.807) is 0 Å². The van der Waals surface area contributed by atoms with Gasteiger partial charge in [0, 0.05) is 7.05 Å². The third-order valence-electron chi connectivity index (χ3n) is 2.30. The minimum Gasteiger partial charge on any atom is -0.317 e. The minimum absolute atomic E-state index is 0.0655. The zero-order valence-corrected chi connectivity index (χ0v) is 11.3. The summed E-state index contributed by atoms with van der Waals surface area (Å²) in [6.07, 6.45) is -0.356. The van der Waals surface area contributed by atoms with Gasteiger partial charge in [0.05, 0.1) is 12.3 Å². The van der Waals surface area contributed by atoms with E-state index in [-0.39, 0.29) is 5.75 Å². The van der Waals surface area contributed by atoms with E-state index in [4.69, 9.17) is 0 Å². The highest BCUT2D eigenvalue weighted by Gasteiger charge is 2.20. The van der Waals surface area contributed by atoms with Crippen molar-refractivity contribution in [1.82, 2.24) is 9.62 Å². The Hall–Kier alpha value is -0.270. The van der Waals surface area contributed by atoms with E-state index in [1.165, 1.54) is 7.05 Å². The number of halogens is 2. The summed E-state index contributed by atoms with van der Waals surface area (Å²) in [5.41, 5.74) is 0. The smallest absolute Gasteiger partial charge is 0.252 e. The molecule has 0 aromatic heterocycles. The highest BCUT2D eigenvalue weighted by molar-refractivity contribution is 7.89. The number of alkyl halides is 2. The summed E-state index contributed by atoms with van der Waals surface area (Å²) in [5.74, 6) is -0.0655. The van der Waals surface area contributed by atoms with Crippen molar-refractivity contribution < 1.29 is 17.2 Å². The molecule has 0 bridgehead atoms. The van der Waals surface area contributed by atoms with Crippen LogP contribution in [0.15, 0.2) is 0 Å². The maximum absolute atomic E-state index is 12.0. The molecule has 0 aliphatic carbocycles. The minimum atomic E-state index is -3.52. The fourth-order valence-electron chi connectivity index (χ4n) is 1.30. The van der Waals surface area contributed by atoms with Crippen LogP contribution < -0.4 is 5.32 Å². The van der Waals surface area contributed by atoms with E-state index in [0.717, 1.165) is 30.2 Å². The number of hydrogen-bond acceptors (Lipinski definition) is 3. The predicted molar refractivity (Wildman–Crippen MR) is 64.8 cm³/mol. The van der Waals surface area contributed by atoms with E-state index in [1.807, 2.05) is 0 Å². The first-order valence-electron chi connectivity index (χ1n) is 5.83. The van der Waals surface area contributed by atoms with Crippen LogP contribution in [0.4, 0.5) is 8.78 Å². The van der Waals surface area contributed by atoms with Gasteiger partial charge in [-0.1, -0.05) is 6.92 Å². The van der Waals surface area contributed by atoms with Crippen molar-refractivity contribution >= 4 is 10.0 Å². The van der Waals surface area contributed by atoms with Crippen LogP contribution in [-0.4, -0.2) is 51.6 Å². The lowest BCUT2D eigenvalue weighted by Crippen LogP contribution is -2.33. The van der Waals surface area contributed by atoms with Crippen LogP contribution in [0.3, 0.4) is 0 Å². The molecule has 0 radical (unpaired) electrons. The monoisotopic (exact) mass is 272 g/mol. The molecule has 0 fully saturated rings. The van der Waals surface area contributed by atoms with Gasteiger partial charge in [0.25, 0.3) is 6.43 Å². The van der Waals surface area contributed by atoms with Crippen molar-refractivity contribution in [2.24, 2.45) is 0 Å². The van der Waals surface area contributed by atoms with Crippen LogP contribution in [0, 0.1) is 0 Å². The summed E-state index contributed by atoms with van der Waals surface area (Å²) in [4.78, 5) is 0. The van der Waals surface area contributed by atoms with Gasteiger partial charge < -0.3 is 5.32 Å². The van der Waals surface area contributed by atoms with Gasteiger partial charge >= 0.3 is 0 Å². The SMILES string of the molecule is CCCNCCCCS(=O)(=O)N(C)CC(F)F. The molecule has 4 nitrogen and oxygen atoms in total. The van der Waals surface area contributed by atoms with Crippen molar-refractivity contribution in [2.75, 3.05) is 32.4 Å². The molecule has 0 heterocycles. The summed E-state index contributed by atoms with van der Waals surface area (Å²) >= 11 is 0. The molecule has 0 saturated heterocycles. The zero-order valence-electron chi connectivity index (χ0n) is 10.5. The highest BCUT2D eigenvalue weighted by atomic mass is 32.2. The van der Waals surface area contributed by atoms with Gasteiger partial charge in [-0.2, -0.15) is 4.31 Å². The second-order valence-electron chi connectivity index (χ2n) is 3.94. The van der Waals surface area contributed by atoms with Gasteiger partial charge in [-0.05, 0) is 32.4 Å². The zero-order chi connectivity index (χ0) is 13.3. The number of rotatable bonds is 10. The Labute approximate surface area is 102 Å². The van der Waals surface area contributed by atoms with Crippen LogP contribution >= 0.6 is 0 Å². The molecule has 0 rings (SSSR count). The fraction of sp³-hybridized carbons (Fsp3) is 1.00. The summed E-state index contributed by atoms with van der Waals surface area (Å²) in [6, 6.07) is 0. The Morgan fingerprint density at radius 2 is 1.88 bits per heavy atom. The standard InChI is InChI=1S/C10H22F2N2O2S/c1-3-6-13-7-4-5-8-17(15,16)14(2)9-10(11)12/h10,13H,3-9H2,1-2H3. The topological polar surface area (TPSA) is 49.4 Å². The molecular weight excluding hydrogens is 250 g/mol. The first-order valence-corrected chi connectivity index (χ1v) is 7.44. The first kappa shape index (κ1) is 16.7. The Morgan fingerprint density at radius 3 is 2.41 bits per heavy atom. The summed E-state index contributed by atoms with van der Waals surface area (Å²) in [6.45, 7) is 3.01. The Balaban J connectivity index is 3.78. The van der Waals surface area contributed by atoms with Crippen molar-refractivity contribution in [3.8, 4) is 0 Å². The van der Waals surface area contributed by atoms with E-state index < -0.39 is 23.0 Å². The van der Waals surface area contributed by atoms with Crippen molar-refractivity contribution in [3.05, 3.63) is 0 Å². The Kier molecular flexibility index (Phi) is 8.63. The second-order valence-corrected chi connectivity index (χ2v) is 6.14. The van der Waals surface area contributed by atoms with Crippen LogP contribution in [0.2, 0.25) is 0 Å². The Bertz CT molecular complexity index is 284. The van der Waals surface area contributed by atoms with Crippen LogP contribution in [0.5, 0.6) is 0 Å². The van der Waals surface area contributed by atoms with E-state index in [2.05, 4.69) is 12.2 Å². The summed E-state index contributed by atoms with van der Waals surface area (Å²) in [5, 5.41) is 3.15. The van der Waals surface area contributed by atoms with Gasteiger partial charge in [0.1, 0.15) is 0 Å². The normalized spacial score (nSPS) is 12.6. The maximum Gasteiger partial charge on any atom is 0.252 e. The van der Waals surface area contributed by atoms with Crippen LogP contribution in [-0.2, 0) is 10.0 Å². The van der Waals surface area contributed by atoms with E-state index in [9.17, 15) is 17.2 Å². The first-order chi connectivity index (χ1) is 7.90. The lowest BCUT2D eigenvalue weighted by Gasteiger charge is -2.16. The third-order valence-corrected chi connectivity index (χ3v) is 4.21. The molecule has 0 aromatic rings. The fourth-order valence-corrected chi connectivity index (χ4v) is 2.52. The highest BCUT2D eigenvalue weighted by Crippen LogP contribution is 2.05. The molecule has 0 atom stereocenters. The molecule has 0 aromatic carbocycles. The number of nitrogens with zero attached hydrogens (tertiary/aromatic N) is 1. The summed E-state index contributed by atoms with van der Waals surface area (Å²) < 4.78 is 47.8. The average molecular weight is 272 g/mol. The molecular formula is C10H22F2N2O2S.